The second-order valence-electron chi connectivity index (χ2n) is 6.61. The summed E-state index contributed by atoms with van der Waals surface area (Å²) in [6.45, 7) is 1.67. The van der Waals surface area contributed by atoms with E-state index in [2.05, 4.69) is 15.6 Å². The molecule has 7 nitrogen and oxygen atoms in total. The number of carbonyl (C=O) groups excluding carboxylic acids is 2. The van der Waals surface area contributed by atoms with Crippen molar-refractivity contribution in [2.75, 3.05) is 26.8 Å². The number of aromatic nitrogens is 1. The molecule has 1 aliphatic rings. The van der Waals surface area contributed by atoms with Crippen LogP contribution >= 0.6 is 0 Å². The molecule has 1 fully saturated rings. The molecular formula is C21H25N3O4. The molecule has 2 N–H and O–H groups in total. The molecule has 2 amide bonds. The third-order valence-electron chi connectivity index (χ3n) is 4.59. The number of nitrogens with zero attached hydrogens (tertiary/aromatic N) is 1. The number of hydrogen-bond donors (Lipinski definition) is 2. The van der Waals surface area contributed by atoms with Gasteiger partial charge in [-0.05, 0) is 49.1 Å². The number of nitrogens with one attached hydrogen (secondary N) is 2. The third kappa shape index (κ3) is 5.53. The Kier molecular flexibility index (Phi) is 6.97. The SMILES string of the molecule is COc1ccc(CCNC(=O)c2cccc(C(=O)NCC3CCCO3)n2)cc1. The Bertz CT molecular complexity index is 802. The lowest BCUT2D eigenvalue weighted by molar-refractivity contribution is 0.0853. The average Bonchev–Trinajstić information content (AvgIpc) is 3.26. The van der Waals surface area contributed by atoms with E-state index in [-0.39, 0.29) is 29.3 Å². The lowest BCUT2D eigenvalue weighted by Gasteiger charge is -2.11. The first-order chi connectivity index (χ1) is 13.7. The van der Waals surface area contributed by atoms with Crippen molar-refractivity contribution < 1.29 is 19.1 Å². The first kappa shape index (κ1) is 19.8. The first-order valence-electron chi connectivity index (χ1n) is 9.43. The lowest BCUT2D eigenvalue weighted by Crippen LogP contribution is -2.33. The summed E-state index contributed by atoms with van der Waals surface area (Å²) in [6, 6.07) is 12.5. The third-order valence-corrected chi connectivity index (χ3v) is 4.59. The van der Waals surface area contributed by atoms with Crippen molar-refractivity contribution in [2.24, 2.45) is 0 Å². The van der Waals surface area contributed by atoms with E-state index in [1.165, 1.54) is 0 Å². The van der Waals surface area contributed by atoms with Gasteiger partial charge in [-0.15, -0.1) is 0 Å². The van der Waals surface area contributed by atoms with E-state index >= 15 is 0 Å². The smallest absolute Gasteiger partial charge is 0.269 e. The maximum atomic E-state index is 12.3. The second kappa shape index (κ2) is 9.85. The molecule has 1 atom stereocenters. The Labute approximate surface area is 164 Å². The van der Waals surface area contributed by atoms with Crippen molar-refractivity contribution in [3.8, 4) is 5.75 Å². The summed E-state index contributed by atoms with van der Waals surface area (Å²) in [7, 11) is 1.62. The number of carbonyl (C=O) groups is 2. The molecule has 3 rings (SSSR count). The van der Waals surface area contributed by atoms with Gasteiger partial charge in [-0.2, -0.15) is 0 Å². The van der Waals surface area contributed by atoms with Crippen LogP contribution in [0.3, 0.4) is 0 Å². The molecule has 0 aliphatic carbocycles. The Balaban J connectivity index is 1.49. The van der Waals surface area contributed by atoms with Gasteiger partial charge in [-0.3, -0.25) is 9.59 Å². The summed E-state index contributed by atoms with van der Waals surface area (Å²) in [6.07, 6.45) is 2.72. The second-order valence-corrected chi connectivity index (χ2v) is 6.61. The van der Waals surface area contributed by atoms with Crippen molar-refractivity contribution in [2.45, 2.75) is 25.4 Å². The highest BCUT2D eigenvalue weighted by Gasteiger charge is 2.18. The number of benzene rings is 1. The molecule has 1 unspecified atom stereocenters. The minimum atomic E-state index is -0.303. The number of pyridine rings is 1. The summed E-state index contributed by atoms with van der Waals surface area (Å²) in [5.74, 6) is 0.192. The highest BCUT2D eigenvalue weighted by molar-refractivity contribution is 5.96. The Hall–Kier alpha value is -2.93. The maximum absolute atomic E-state index is 12.3. The predicted molar refractivity (Wildman–Crippen MR) is 105 cm³/mol. The highest BCUT2D eigenvalue weighted by Crippen LogP contribution is 2.12. The molecule has 0 bridgehead atoms. The zero-order chi connectivity index (χ0) is 19.8. The Morgan fingerprint density at radius 1 is 1.11 bits per heavy atom. The van der Waals surface area contributed by atoms with Crippen molar-refractivity contribution >= 4 is 11.8 Å². The molecule has 7 heteroatoms. The van der Waals surface area contributed by atoms with E-state index in [1.807, 2.05) is 24.3 Å². The van der Waals surface area contributed by atoms with Crippen LogP contribution in [0.25, 0.3) is 0 Å². The van der Waals surface area contributed by atoms with Crippen LogP contribution in [0, 0.1) is 0 Å². The van der Waals surface area contributed by atoms with Crippen LogP contribution in [-0.2, 0) is 11.2 Å². The maximum Gasteiger partial charge on any atom is 0.269 e. The van der Waals surface area contributed by atoms with Gasteiger partial charge in [0.05, 0.1) is 13.2 Å². The van der Waals surface area contributed by atoms with E-state index in [0.29, 0.717) is 19.5 Å². The van der Waals surface area contributed by atoms with Crippen LogP contribution in [0.2, 0.25) is 0 Å². The molecular weight excluding hydrogens is 358 g/mol. The molecule has 1 aliphatic heterocycles. The Morgan fingerprint density at radius 3 is 2.46 bits per heavy atom. The zero-order valence-electron chi connectivity index (χ0n) is 15.9. The van der Waals surface area contributed by atoms with Gasteiger partial charge in [0.1, 0.15) is 17.1 Å². The van der Waals surface area contributed by atoms with Gasteiger partial charge >= 0.3 is 0 Å². The van der Waals surface area contributed by atoms with Gasteiger partial charge in [0.2, 0.25) is 0 Å². The summed E-state index contributed by atoms with van der Waals surface area (Å²) in [5.41, 5.74) is 1.54. The average molecular weight is 383 g/mol. The number of rotatable bonds is 8. The van der Waals surface area contributed by atoms with Crippen molar-refractivity contribution in [3.63, 3.8) is 0 Å². The number of amides is 2. The molecule has 2 heterocycles. The lowest BCUT2D eigenvalue weighted by atomic mass is 10.1. The van der Waals surface area contributed by atoms with Crippen LogP contribution in [0.15, 0.2) is 42.5 Å². The zero-order valence-corrected chi connectivity index (χ0v) is 15.9. The van der Waals surface area contributed by atoms with E-state index in [4.69, 9.17) is 9.47 Å². The fourth-order valence-corrected chi connectivity index (χ4v) is 2.99. The van der Waals surface area contributed by atoms with E-state index in [1.54, 1.807) is 25.3 Å². The van der Waals surface area contributed by atoms with Gasteiger partial charge in [-0.25, -0.2) is 4.98 Å². The standard InChI is InChI=1S/C21H25N3O4/c1-27-16-9-7-15(8-10-16)11-12-22-20(25)18-5-2-6-19(24-18)21(26)23-14-17-4-3-13-28-17/h2,5-10,17H,3-4,11-14H2,1H3,(H,22,25)(H,23,26). The normalized spacial score (nSPS) is 15.8. The number of ether oxygens (including phenoxy) is 2. The van der Waals surface area contributed by atoms with Gasteiger partial charge in [0, 0.05) is 19.7 Å². The largest absolute Gasteiger partial charge is 0.497 e. The minimum absolute atomic E-state index is 0.0633. The summed E-state index contributed by atoms with van der Waals surface area (Å²) in [4.78, 5) is 28.8. The summed E-state index contributed by atoms with van der Waals surface area (Å²) < 4.78 is 10.6. The number of hydrogen-bond acceptors (Lipinski definition) is 5. The summed E-state index contributed by atoms with van der Waals surface area (Å²) >= 11 is 0. The van der Waals surface area contributed by atoms with Gasteiger partial charge in [0.15, 0.2) is 0 Å². The Morgan fingerprint density at radius 2 is 1.82 bits per heavy atom. The van der Waals surface area contributed by atoms with E-state index in [0.717, 1.165) is 30.8 Å². The highest BCUT2D eigenvalue weighted by atomic mass is 16.5. The quantitative estimate of drug-likeness (QED) is 0.728. The van der Waals surface area contributed by atoms with Gasteiger partial charge in [-0.1, -0.05) is 18.2 Å². The van der Waals surface area contributed by atoms with Crippen molar-refractivity contribution in [1.29, 1.82) is 0 Å². The fraction of sp³-hybridized carbons (Fsp3) is 0.381. The molecule has 1 aromatic carbocycles. The summed E-state index contributed by atoms with van der Waals surface area (Å²) in [5, 5.41) is 5.65. The fourth-order valence-electron chi connectivity index (χ4n) is 2.99. The molecule has 148 valence electrons. The molecule has 28 heavy (non-hydrogen) atoms. The van der Waals surface area contributed by atoms with Crippen LogP contribution in [0.5, 0.6) is 5.75 Å². The van der Waals surface area contributed by atoms with Crippen LogP contribution in [0.4, 0.5) is 0 Å². The monoisotopic (exact) mass is 383 g/mol. The van der Waals surface area contributed by atoms with Gasteiger partial charge in [0.25, 0.3) is 11.8 Å². The molecule has 0 saturated carbocycles. The molecule has 1 saturated heterocycles. The predicted octanol–water partition coefficient (Wildman–Crippen LogP) is 1.97. The molecule has 0 spiro atoms. The first-order valence-corrected chi connectivity index (χ1v) is 9.43. The van der Waals surface area contributed by atoms with Crippen molar-refractivity contribution in [1.82, 2.24) is 15.6 Å². The molecule has 0 radical (unpaired) electrons. The van der Waals surface area contributed by atoms with E-state index < -0.39 is 0 Å². The van der Waals surface area contributed by atoms with Crippen LogP contribution in [-0.4, -0.2) is 49.7 Å². The number of methoxy groups -OCH3 is 1. The topological polar surface area (TPSA) is 89.5 Å². The minimum Gasteiger partial charge on any atom is -0.497 e. The van der Waals surface area contributed by atoms with E-state index in [9.17, 15) is 9.59 Å². The van der Waals surface area contributed by atoms with Crippen LogP contribution in [0.1, 0.15) is 39.4 Å². The van der Waals surface area contributed by atoms with Crippen LogP contribution < -0.4 is 15.4 Å². The molecule has 2 aromatic rings. The van der Waals surface area contributed by atoms with Crippen molar-refractivity contribution in [3.05, 3.63) is 59.4 Å². The molecule has 1 aromatic heterocycles. The van der Waals surface area contributed by atoms with Gasteiger partial charge < -0.3 is 20.1 Å².